The summed E-state index contributed by atoms with van der Waals surface area (Å²) in [5.41, 5.74) is 4.01. The zero-order chi connectivity index (χ0) is 20.7. The van der Waals surface area contributed by atoms with Gasteiger partial charge in [0.05, 0.1) is 19.3 Å². The summed E-state index contributed by atoms with van der Waals surface area (Å²) >= 11 is 6.05. The van der Waals surface area contributed by atoms with Crippen LogP contribution >= 0.6 is 11.6 Å². The van der Waals surface area contributed by atoms with Crippen LogP contribution in [0.15, 0.2) is 40.9 Å². The predicted molar refractivity (Wildman–Crippen MR) is 113 cm³/mol. The second-order valence-electron chi connectivity index (χ2n) is 7.94. The molecule has 1 N–H and O–H groups in total. The second kappa shape index (κ2) is 7.76. The molecule has 154 valence electrons. The van der Waals surface area contributed by atoms with Gasteiger partial charge in [0.25, 0.3) is 5.91 Å². The molecule has 5 rings (SSSR count). The summed E-state index contributed by atoms with van der Waals surface area (Å²) in [4.78, 5) is 17.7. The summed E-state index contributed by atoms with van der Waals surface area (Å²) in [6.45, 7) is 0.291. The first kappa shape index (κ1) is 19.1. The van der Waals surface area contributed by atoms with Crippen LogP contribution in [0.2, 0.25) is 5.02 Å². The number of hydrogen-bond acceptors (Lipinski definition) is 5. The summed E-state index contributed by atoms with van der Waals surface area (Å²) in [7, 11) is 1.54. The number of amides is 1. The van der Waals surface area contributed by atoms with E-state index in [1.54, 1.807) is 0 Å². The Morgan fingerprint density at radius 1 is 1.17 bits per heavy atom. The highest BCUT2D eigenvalue weighted by molar-refractivity contribution is 6.30. The zero-order valence-corrected chi connectivity index (χ0v) is 17.4. The van der Waals surface area contributed by atoms with E-state index in [0.717, 1.165) is 48.3 Å². The van der Waals surface area contributed by atoms with E-state index in [9.17, 15) is 4.79 Å². The number of carbonyl (C=O) groups is 1. The van der Waals surface area contributed by atoms with Crippen LogP contribution in [0.3, 0.4) is 0 Å². The third-order valence-electron chi connectivity index (χ3n) is 5.56. The maximum Gasteiger partial charge on any atom is 0.257 e. The van der Waals surface area contributed by atoms with Gasteiger partial charge in [0.2, 0.25) is 5.88 Å². The lowest BCUT2D eigenvalue weighted by molar-refractivity contribution is 0.0946. The van der Waals surface area contributed by atoms with Gasteiger partial charge < -0.3 is 14.6 Å². The van der Waals surface area contributed by atoms with Gasteiger partial charge in [-0.15, -0.1) is 0 Å². The van der Waals surface area contributed by atoms with E-state index < -0.39 is 0 Å². The molecule has 0 saturated heterocycles. The van der Waals surface area contributed by atoms with E-state index >= 15 is 0 Å². The summed E-state index contributed by atoms with van der Waals surface area (Å²) in [5.74, 6) is 1.87. The number of benzene rings is 1. The molecule has 2 fully saturated rings. The van der Waals surface area contributed by atoms with Crippen LogP contribution in [0, 0.1) is 0 Å². The third kappa shape index (κ3) is 3.92. The number of methoxy groups -OCH3 is 1. The molecular weight excluding hydrogens is 402 g/mol. The quantitative estimate of drug-likeness (QED) is 0.573. The van der Waals surface area contributed by atoms with Crippen molar-refractivity contribution in [3.8, 4) is 17.0 Å². The monoisotopic (exact) mass is 423 g/mol. The molecule has 2 heterocycles. The molecular formula is C23H22ClN3O3. The topological polar surface area (TPSA) is 77.2 Å². The molecule has 0 atom stereocenters. The van der Waals surface area contributed by atoms with Crippen molar-refractivity contribution >= 4 is 17.5 Å². The van der Waals surface area contributed by atoms with Gasteiger partial charge in [-0.2, -0.15) is 0 Å². The number of ether oxygens (including phenoxy) is 1. The molecule has 6 nitrogen and oxygen atoms in total. The first-order valence-electron chi connectivity index (χ1n) is 10.2. The van der Waals surface area contributed by atoms with Crippen molar-refractivity contribution in [1.82, 2.24) is 15.5 Å². The Morgan fingerprint density at radius 3 is 2.57 bits per heavy atom. The molecule has 0 bridgehead atoms. The van der Waals surface area contributed by atoms with Gasteiger partial charge in [-0.3, -0.25) is 4.79 Å². The number of aromatic nitrogens is 2. The van der Waals surface area contributed by atoms with Crippen molar-refractivity contribution in [3.05, 3.63) is 64.1 Å². The Labute approximate surface area is 179 Å². The van der Waals surface area contributed by atoms with Crippen molar-refractivity contribution in [2.45, 2.75) is 44.1 Å². The molecule has 0 spiro atoms. The Hall–Kier alpha value is -2.86. The third-order valence-corrected chi connectivity index (χ3v) is 5.81. The molecule has 2 aliphatic rings. The van der Waals surface area contributed by atoms with Crippen LogP contribution < -0.4 is 10.1 Å². The summed E-state index contributed by atoms with van der Waals surface area (Å²) in [6, 6.07) is 11.4. The van der Waals surface area contributed by atoms with E-state index in [2.05, 4.69) is 10.5 Å². The summed E-state index contributed by atoms with van der Waals surface area (Å²) < 4.78 is 10.8. The van der Waals surface area contributed by atoms with Gasteiger partial charge in [-0.05, 0) is 49.4 Å². The lowest BCUT2D eigenvalue weighted by atomic mass is 9.99. The molecule has 1 amide bonds. The van der Waals surface area contributed by atoms with Crippen molar-refractivity contribution in [1.29, 1.82) is 0 Å². The fraction of sp³-hybridized carbons (Fsp3) is 0.348. The fourth-order valence-corrected chi connectivity index (χ4v) is 3.72. The molecule has 7 heteroatoms. The highest BCUT2D eigenvalue weighted by Crippen LogP contribution is 2.45. The average molecular weight is 424 g/mol. The number of pyridine rings is 1. The Kier molecular flexibility index (Phi) is 4.95. The maximum absolute atomic E-state index is 13.0. The SMILES string of the molecule is COc1nc(C2CC2)c(-c2ccc(Cl)cc2)cc1C(=O)NCc1cc(C2CC2)on1. The van der Waals surface area contributed by atoms with Gasteiger partial charge >= 0.3 is 0 Å². The van der Waals surface area contributed by atoms with Gasteiger partial charge in [-0.25, -0.2) is 4.98 Å². The van der Waals surface area contributed by atoms with Crippen LogP contribution in [0.5, 0.6) is 5.88 Å². The van der Waals surface area contributed by atoms with E-state index in [4.69, 9.17) is 25.8 Å². The predicted octanol–water partition coefficient (Wildman–Crippen LogP) is 5.08. The average Bonchev–Trinajstić information content (AvgIpc) is 3.70. The van der Waals surface area contributed by atoms with Crippen molar-refractivity contribution in [3.63, 3.8) is 0 Å². The molecule has 2 saturated carbocycles. The first-order chi connectivity index (χ1) is 14.6. The van der Waals surface area contributed by atoms with Gasteiger partial charge in [0, 0.05) is 28.5 Å². The Balaban J connectivity index is 1.42. The van der Waals surface area contributed by atoms with Gasteiger partial charge in [-0.1, -0.05) is 28.9 Å². The van der Waals surface area contributed by atoms with Gasteiger partial charge in [0.15, 0.2) is 0 Å². The van der Waals surface area contributed by atoms with Crippen molar-refractivity contribution in [2.24, 2.45) is 0 Å². The number of halogens is 1. The summed E-state index contributed by atoms with van der Waals surface area (Å²) in [6.07, 6.45) is 4.48. The van der Waals surface area contributed by atoms with Crippen LogP contribution in [0.4, 0.5) is 0 Å². The van der Waals surface area contributed by atoms with E-state index in [1.165, 1.54) is 7.11 Å². The molecule has 1 aromatic carbocycles. The highest BCUT2D eigenvalue weighted by Gasteiger charge is 2.31. The molecule has 0 radical (unpaired) electrons. The number of carbonyl (C=O) groups excluding carboxylic acids is 1. The Bertz CT molecular complexity index is 1090. The molecule has 3 aromatic rings. The number of nitrogens with one attached hydrogen (secondary N) is 1. The minimum Gasteiger partial charge on any atom is -0.480 e. The van der Waals surface area contributed by atoms with Crippen molar-refractivity contribution in [2.75, 3.05) is 7.11 Å². The van der Waals surface area contributed by atoms with E-state index in [-0.39, 0.29) is 5.91 Å². The van der Waals surface area contributed by atoms with Crippen LogP contribution in [0.25, 0.3) is 11.1 Å². The molecule has 0 unspecified atom stereocenters. The molecule has 2 aromatic heterocycles. The van der Waals surface area contributed by atoms with Crippen LogP contribution in [-0.4, -0.2) is 23.2 Å². The maximum atomic E-state index is 13.0. The van der Waals surface area contributed by atoms with E-state index in [1.807, 2.05) is 36.4 Å². The first-order valence-corrected chi connectivity index (χ1v) is 10.6. The number of rotatable bonds is 7. The molecule has 2 aliphatic carbocycles. The lowest BCUT2D eigenvalue weighted by Gasteiger charge is -2.14. The van der Waals surface area contributed by atoms with Gasteiger partial charge in [0.1, 0.15) is 17.0 Å². The smallest absolute Gasteiger partial charge is 0.257 e. The zero-order valence-electron chi connectivity index (χ0n) is 16.7. The normalized spacial score (nSPS) is 15.8. The Morgan fingerprint density at radius 2 is 1.90 bits per heavy atom. The standard InChI is InChI=1S/C23H22ClN3O3/c1-29-23-19(22(28)25-12-17-10-20(30-27-17)14-2-3-14)11-18(21(26-23)15-4-5-15)13-6-8-16(24)9-7-13/h6-11,14-15H,2-5,12H2,1H3,(H,25,28). The molecule has 30 heavy (non-hydrogen) atoms. The van der Waals surface area contributed by atoms with E-state index in [0.29, 0.717) is 40.5 Å². The minimum absolute atomic E-state index is 0.257. The van der Waals surface area contributed by atoms with Crippen molar-refractivity contribution < 1.29 is 14.1 Å². The van der Waals surface area contributed by atoms with Crippen LogP contribution in [-0.2, 0) is 6.54 Å². The number of hydrogen-bond donors (Lipinski definition) is 1. The summed E-state index contributed by atoms with van der Waals surface area (Å²) in [5, 5.41) is 7.64. The second-order valence-corrected chi connectivity index (χ2v) is 8.37. The van der Waals surface area contributed by atoms with Crippen LogP contribution in [0.1, 0.15) is 65.0 Å². The fourth-order valence-electron chi connectivity index (χ4n) is 3.59. The number of nitrogens with zero attached hydrogens (tertiary/aromatic N) is 2. The molecule has 0 aliphatic heterocycles. The minimum atomic E-state index is -0.257. The largest absolute Gasteiger partial charge is 0.480 e. The highest BCUT2D eigenvalue weighted by atomic mass is 35.5. The lowest BCUT2D eigenvalue weighted by Crippen LogP contribution is -2.24.